The zero-order valence-electron chi connectivity index (χ0n) is 12.2. The molecule has 0 radical (unpaired) electrons. The molecule has 1 aromatic carbocycles. The van der Waals surface area contributed by atoms with E-state index in [9.17, 15) is 0 Å². The van der Waals surface area contributed by atoms with Gasteiger partial charge < -0.3 is 4.74 Å². The predicted octanol–water partition coefficient (Wildman–Crippen LogP) is 4.05. The average Bonchev–Trinajstić information content (AvgIpc) is 2.83. The van der Waals surface area contributed by atoms with E-state index >= 15 is 0 Å². The van der Waals surface area contributed by atoms with Crippen LogP contribution in [0.4, 0.5) is 0 Å². The molecule has 2 rings (SSSR count). The van der Waals surface area contributed by atoms with Crippen molar-refractivity contribution < 1.29 is 4.74 Å². The molecule has 0 aliphatic rings. The minimum absolute atomic E-state index is 0.440. The van der Waals surface area contributed by atoms with Crippen molar-refractivity contribution in [2.24, 2.45) is 0 Å². The van der Waals surface area contributed by atoms with Crippen LogP contribution in [0.15, 0.2) is 30.5 Å². The van der Waals surface area contributed by atoms with Crippen molar-refractivity contribution in [3.63, 3.8) is 0 Å². The van der Waals surface area contributed by atoms with E-state index in [-0.39, 0.29) is 0 Å². The molecule has 19 heavy (non-hydrogen) atoms. The Kier molecular flexibility index (Phi) is 4.25. The number of hydrogen-bond donors (Lipinski definition) is 0. The summed E-state index contributed by atoms with van der Waals surface area (Å²) >= 11 is 0. The minimum Gasteiger partial charge on any atom is -0.487 e. The first-order valence-corrected chi connectivity index (χ1v) is 6.83. The molecule has 1 aromatic heterocycles. The topological polar surface area (TPSA) is 27.1 Å². The van der Waals surface area contributed by atoms with Crippen LogP contribution in [0, 0.1) is 13.8 Å². The van der Waals surface area contributed by atoms with E-state index in [0.717, 1.165) is 17.9 Å². The number of rotatable bonds is 5. The number of aryl methyl sites for hydroxylation is 2. The maximum absolute atomic E-state index is 5.80. The summed E-state index contributed by atoms with van der Waals surface area (Å²) in [6.45, 7) is 9.01. The number of ether oxygens (including phenoxy) is 1. The lowest BCUT2D eigenvalue weighted by molar-refractivity contribution is 0.297. The SMILES string of the molecule is CCC(C)n1ccc(COc2cc(C)cc(C)c2)n1. The summed E-state index contributed by atoms with van der Waals surface area (Å²) in [5.74, 6) is 0.913. The van der Waals surface area contributed by atoms with Crippen LogP contribution in [-0.2, 0) is 6.61 Å². The van der Waals surface area contributed by atoms with E-state index in [1.807, 2.05) is 16.9 Å². The summed E-state index contributed by atoms with van der Waals surface area (Å²) in [6, 6.07) is 8.71. The number of benzene rings is 1. The van der Waals surface area contributed by atoms with Crippen LogP contribution in [0.2, 0.25) is 0 Å². The highest BCUT2D eigenvalue weighted by Crippen LogP contribution is 2.17. The Morgan fingerprint density at radius 1 is 1.21 bits per heavy atom. The second kappa shape index (κ2) is 5.91. The van der Waals surface area contributed by atoms with E-state index in [1.165, 1.54) is 11.1 Å². The Balaban J connectivity index is 2.00. The van der Waals surface area contributed by atoms with Gasteiger partial charge in [-0.15, -0.1) is 0 Å². The summed E-state index contributed by atoms with van der Waals surface area (Å²) in [7, 11) is 0. The lowest BCUT2D eigenvalue weighted by Gasteiger charge is -2.09. The van der Waals surface area contributed by atoms with E-state index in [1.54, 1.807) is 0 Å². The van der Waals surface area contributed by atoms with Gasteiger partial charge in [0.2, 0.25) is 0 Å². The van der Waals surface area contributed by atoms with Gasteiger partial charge >= 0.3 is 0 Å². The molecule has 1 heterocycles. The third kappa shape index (κ3) is 3.60. The molecule has 1 atom stereocenters. The van der Waals surface area contributed by atoms with Gasteiger partial charge in [-0.05, 0) is 56.5 Å². The Bertz CT molecular complexity index is 525. The molecule has 102 valence electrons. The third-order valence-electron chi connectivity index (χ3n) is 3.29. The number of nitrogens with zero attached hydrogens (tertiary/aromatic N) is 2. The van der Waals surface area contributed by atoms with Crippen LogP contribution in [0.3, 0.4) is 0 Å². The first-order chi connectivity index (χ1) is 9.08. The van der Waals surface area contributed by atoms with Crippen molar-refractivity contribution >= 4 is 0 Å². The van der Waals surface area contributed by atoms with Gasteiger partial charge in [-0.3, -0.25) is 4.68 Å². The van der Waals surface area contributed by atoms with Crippen LogP contribution in [-0.4, -0.2) is 9.78 Å². The smallest absolute Gasteiger partial charge is 0.132 e. The molecule has 0 spiro atoms. The van der Waals surface area contributed by atoms with Gasteiger partial charge in [0.15, 0.2) is 0 Å². The fourth-order valence-corrected chi connectivity index (χ4v) is 2.06. The van der Waals surface area contributed by atoms with Crippen LogP contribution in [0.5, 0.6) is 5.75 Å². The van der Waals surface area contributed by atoms with Gasteiger partial charge in [-0.2, -0.15) is 5.10 Å². The number of hydrogen-bond acceptors (Lipinski definition) is 2. The van der Waals surface area contributed by atoms with E-state index in [4.69, 9.17) is 4.74 Å². The fraction of sp³-hybridized carbons (Fsp3) is 0.438. The van der Waals surface area contributed by atoms with Gasteiger partial charge in [0.1, 0.15) is 12.4 Å². The molecule has 1 unspecified atom stereocenters. The summed E-state index contributed by atoms with van der Waals surface area (Å²) in [4.78, 5) is 0. The van der Waals surface area contributed by atoms with Crippen molar-refractivity contribution in [2.75, 3.05) is 0 Å². The van der Waals surface area contributed by atoms with Crippen LogP contribution >= 0.6 is 0 Å². The molecule has 0 aliphatic carbocycles. The molecule has 0 bridgehead atoms. The zero-order chi connectivity index (χ0) is 13.8. The molecular formula is C16H22N2O. The summed E-state index contributed by atoms with van der Waals surface area (Å²) in [5.41, 5.74) is 3.42. The van der Waals surface area contributed by atoms with E-state index < -0.39 is 0 Å². The third-order valence-corrected chi connectivity index (χ3v) is 3.29. The van der Waals surface area contributed by atoms with Gasteiger partial charge in [-0.25, -0.2) is 0 Å². The Morgan fingerprint density at radius 3 is 2.53 bits per heavy atom. The Labute approximate surface area is 115 Å². The first-order valence-electron chi connectivity index (χ1n) is 6.83. The lowest BCUT2D eigenvalue weighted by atomic mass is 10.1. The highest BCUT2D eigenvalue weighted by Gasteiger charge is 2.05. The lowest BCUT2D eigenvalue weighted by Crippen LogP contribution is -2.05. The van der Waals surface area contributed by atoms with Gasteiger partial charge in [-0.1, -0.05) is 13.0 Å². The van der Waals surface area contributed by atoms with Crippen LogP contribution in [0.1, 0.15) is 43.1 Å². The molecule has 0 amide bonds. The highest BCUT2D eigenvalue weighted by molar-refractivity contribution is 5.33. The normalized spacial score (nSPS) is 12.4. The van der Waals surface area contributed by atoms with E-state index in [0.29, 0.717) is 12.6 Å². The van der Waals surface area contributed by atoms with Crippen molar-refractivity contribution in [1.29, 1.82) is 0 Å². The number of aromatic nitrogens is 2. The molecule has 0 saturated heterocycles. The minimum atomic E-state index is 0.440. The Morgan fingerprint density at radius 2 is 1.89 bits per heavy atom. The second-order valence-corrected chi connectivity index (χ2v) is 5.16. The molecule has 0 fully saturated rings. The van der Waals surface area contributed by atoms with Crippen LogP contribution < -0.4 is 4.74 Å². The molecule has 3 heteroatoms. The standard InChI is InChI=1S/C16H22N2O/c1-5-14(4)18-7-6-15(17-18)11-19-16-9-12(2)8-13(3)10-16/h6-10,14H,5,11H2,1-4H3. The molecule has 3 nitrogen and oxygen atoms in total. The fourth-order valence-electron chi connectivity index (χ4n) is 2.06. The highest BCUT2D eigenvalue weighted by atomic mass is 16.5. The van der Waals surface area contributed by atoms with Gasteiger partial charge in [0.25, 0.3) is 0 Å². The van der Waals surface area contributed by atoms with Crippen molar-refractivity contribution in [2.45, 2.75) is 46.8 Å². The van der Waals surface area contributed by atoms with Gasteiger partial charge in [0.05, 0.1) is 5.69 Å². The summed E-state index contributed by atoms with van der Waals surface area (Å²) in [5, 5.41) is 4.53. The maximum atomic E-state index is 5.80. The monoisotopic (exact) mass is 258 g/mol. The average molecular weight is 258 g/mol. The van der Waals surface area contributed by atoms with Crippen molar-refractivity contribution in [1.82, 2.24) is 9.78 Å². The predicted molar refractivity (Wildman–Crippen MR) is 77.5 cm³/mol. The van der Waals surface area contributed by atoms with Crippen molar-refractivity contribution in [3.8, 4) is 5.75 Å². The van der Waals surface area contributed by atoms with Gasteiger partial charge in [0, 0.05) is 12.2 Å². The molecule has 0 N–H and O–H groups in total. The first kappa shape index (κ1) is 13.7. The molecule has 0 saturated carbocycles. The maximum Gasteiger partial charge on any atom is 0.132 e. The molecule has 2 aromatic rings. The quantitative estimate of drug-likeness (QED) is 0.809. The summed E-state index contributed by atoms with van der Waals surface area (Å²) < 4.78 is 7.80. The molecular weight excluding hydrogens is 236 g/mol. The molecule has 0 aliphatic heterocycles. The van der Waals surface area contributed by atoms with E-state index in [2.05, 4.69) is 51.0 Å². The van der Waals surface area contributed by atoms with Crippen LogP contribution in [0.25, 0.3) is 0 Å². The summed E-state index contributed by atoms with van der Waals surface area (Å²) in [6.07, 6.45) is 3.10. The Hall–Kier alpha value is -1.77. The zero-order valence-corrected chi connectivity index (χ0v) is 12.2. The van der Waals surface area contributed by atoms with Crippen molar-refractivity contribution in [3.05, 3.63) is 47.3 Å². The largest absolute Gasteiger partial charge is 0.487 e. The second-order valence-electron chi connectivity index (χ2n) is 5.16.